The van der Waals surface area contributed by atoms with Crippen LogP contribution in [-0.2, 0) is 4.74 Å². The normalized spacial score (nSPS) is 24.9. The predicted octanol–water partition coefficient (Wildman–Crippen LogP) is 1.56. The molecule has 0 atom stereocenters. The van der Waals surface area contributed by atoms with E-state index in [2.05, 4.69) is 19.9 Å². The van der Waals surface area contributed by atoms with Crippen LogP contribution in [0.2, 0.25) is 0 Å². The molecule has 1 heterocycles. The molecule has 1 aliphatic heterocycles. The average Bonchev–Trinajstić information content (AvgIpc) is 1.84. The Morgan fingerprint density at radius 3 is 2.43 bits per heavy atom. The van der Waals surface area contributed by atoms with Gasteiger partial charge in [0.05, 0.1) is 12.9 Å². The number of hydrogen-bond acceptors (Lipinski definition) is 1. The maximum absolute atomic E-state index is 4.98. The Morgan fingerprint density at radius 2 is 2.29 bits per heavy atom. The first-order valence-corrected chi connectivity index (χ1v) is 2.50. The lowest BCUT2D eigenvalue weighted by atomic mass is 9.97. The highest BCUT2D eigenvalue weighted by molar-refractivity contribution is 4.95. The van der Waals surface area contributed by atoms with Crippen molar-refractivity contribution in [1.29, 1.82) is 0 Å². The summed E-state index contributed by atoms with van der Waals surface area (Å²) in [7, 11) is 0. The van der Waals surface area contributed by atoms with Gasteiger partial charge in [0, 0.05) is 5.41 Å². The molecule has 0 aromatic carbocycles. The van der Waals surface area contributed by atoms with Gasteiger partial charge >= 0.3 is 0 Å². The van der Waals surface area contributed by atoms with E-state index in [4.69, 9.17) is 4.74 Å². The van der Waals surface area contributed by atoms with E-state index in [0.29, 0.717) is 5.41 Å². The molecule has 0 amide bonds. The monoisotopic (exact) mass is 98.1 g/mol. The Kier molecular flexibility index (Phi) is 0.841. The molecule has 40 valence electrons. The third kappa shape index (κ3) is 0.952. The second kappa shape index (κ2) is 1.25. The zero-order chi connectivity index (χ0) is 5.33. The molecule has 0 spiro atoms. The summed E-state index contributed by atoms with van der Waals surface area (Å²) in [5.41, 5.74) is 0.292. The van der Waals surface area contributed by atoms with E-state index in [1.807, 2.05) is 0 Å². The van der Waals surface area contributed by atoms with Crippen molar-refractivity contribution in [1.82, 2.24) is 0 Å². The van der Waals surface area contributed by atoms with Crippen molar-refractivity contribution in [3.8, 4) is 0 Å². The minimum Gasteiger partial charge on any atom is -0.501 e. The van der Waals surface area contributed by atoms with Crippen LogP contribution in [0.4, 0.5) is 0 Å². The molecular weight excluding hydrogens is 88.1 g/mol. The summed E-state index contributed by atoms with van der Waals surface area (Å²) in [4.78, 5) is 0. The van der Waals surface area contributed by atoms with Crippen LogP contribution in [0.5, 0.6) is 0 Å². The van der Waals surface area contributed by atoms with Crippen LogP contribution in [0.15, 0.2) is 12.3 Å². The van der Waals surface area contributed by atoms with Crippen molar-refractivity contribution >= 4 is 0 Å². The summed E-state index contributed by atoms with van der Waals surface area (Å²) < 4.78 is 4.98. The number of ether oxygens (including phenoxy) is 1. The van der Waals surface area contributed by atoms with Gasteiger partial charge in [-0.15, -0.1) is 0 Å². The fraction of sp³-hybridized carbons (Fsp3) is 0.667. The van der Waals surface area contributed by atoms with Gasteiger partial charge in [0.2, 0.25) is 0 Å². The van der Waals surface area contributed by atoms with Crippen LogP contribution in [0, 0.1) is 5.41 Å². The van der Waals surface area contributed by atoms with Gasteiger partial charge in [0.1, 0.15) is 0 Å². The second-order valence-corrected chi connectivity index (χ2v) is 2.60. The molecule has 0 N–H and O–H groups in total. The van der Waals surface area contributed by atoms with E-state index >= 15 is 0 Å². The number of hydrogen-bond donors (Lipinski definition) is 0. The summed E-state index contributed by atoms with van der Waals surface area (Å²) in [5, 5.41) is 0. The standard InChI is InChI=1S/C6H10O/c1-6(2)3-4-7-5-6/h3-4H,5H2,1-2H3. The van der Waals surface area contributed by atoms with Gasteiger partial charge in [-0.3, -0.25) is 0 Å². The highest BCUT2D eigenvalue weighted by Gasteiger charge is 2.17. The van der Waals surface area contributed by atoms with E-state index in [9.17, 15) is 0 Å². The van der Waals surface area contributed by atoms with E-state index in [1.165, 1.54) is 0 Å². The SMILES string of the molecule is CC1(C)C=COC1. The van der Waals surface area contributed by atoms with Crippen molar-refractivity contribution < 1.29 is 4.74 Å². The highest BCUT2D eigenvalue weighted by atomic mass is 16.5. The summed E-state index contributed by atoms with van der Waals surface area (Å²) in [5.74, 6) is 0. The molecule has 0 fully saturated rings. The minimum atomic E-state index is 0.292. The van der Waals surface area contributed by atoms with Crippen molar-refractivity contribution in [2.24, 2.45) is 5.41 Å². The molecule has 7 heavy (non-hydrogen) atoms. The molecule has 0 saturated carbocycles. The van der Waals surface area contributed by atoms with Crippen LogP contribution in [-0.4, -0.2) is 6.61 Å². The molecule has 0 bridgehead atoms. The summed E-state index contributed by atoms with van der Waals surface area (Å²) in [6.07, 6.45) is 3.84. The Morgan fingerprint density at radius 1 is 1.57 bits per heavy atom. The topological polar surface area (TPSA) is 9.23 Å². The molecule has 1 nitrogen and oxygen atoms in total. The van der Waals surface area contributed by atoms with Gasteiger partial charge in [-0.05, 0) is 6.08 Å². The molecule has 0 aromatic rings. The fourth-order valence-corrected chi connectivity index (χ4v) is 0.543. The van der Waals surface area contributed by atoms with Gasteiger partial charge in [0.15, 0.2) is 0 Å². The first-order chi connectivity index (χ1) is 3.21. The second-order valence-electron chi connectivity index (χ2n) is 2.60. The fourth-order valence-electron chi connectivity index (χ4n) is 0.543. The largest absolute Gasteiger partial charge is 0.501 e. The average molecular weight is 98.1 g/mol. The zero-order valence-corrected chi connectivity index (χ0v) is 4.77. The van der Waals surface area contributed by atoms with E-state index in [-0.39, 0.29) is 0 Å². The Labute approximate surface area is 44.0 Å². The van der Waals surface area contributed by atoms with Gasteiger partial charge in [-0.2, -0.15) is 0 Å². The van der Waals surface area contributed by atoms with Crippen LogP contribution in [0.1, 0.15) is 13.8 Å². The van der Waals surface area contributed by atoms with E-state index < -0.39 is 0 Å². The molecule has 0 aromatic heterocycles. The Hall–Kier alpha value is -0.460. The van der Waals surface area contributed by atoms with Crippen molar-refractivity contribution in [2.75, 3.05) is 6.61 Å². The smallest absolute Gasteiger partial charge is 0.0959 e. The minimum absolute atomic E-state index is 0.292. The maximum atomic E-state index is 4.98. The van der Waals surface area contributed by atoms with Crippen LogP contribution in [0.25, 0.3) is 0 Å². The van der Waals surface area contributed by atoms with E-state index in [1.54, 1.807) is 6.26 Å². The van der Waals surface area contributed by atoms with Crippen LogP contribution >= 0.6 is 0 Å². The van der Waals surface area contributed by atoms with Gasteiger partial charge < -0.3 is 4.74 Å². The van der Waals surface area contributed by atoms with Gasteiger partial charge in [0.25, 0.3) is 0 Å². The first-order valence-electron chi connectivity index (χ1n) is 2.50. The maximum Gasteiger partial charge on any atom is 0.0959 e. The lowest BCUT2D eigenvalue weighted by molar-refractivity contribution is 0.210. The molecule has 0 radical (unpaired) electrons. The molecular formula is C6H10O. The third-order valence-electron chi connectivity index (χ3n) is 1.07. The molecule has 1 rings (SSSR count). The molecule has 0 aliphatic carbocycles. The zero-order valence-electron chi connectivity index (χ0n) is 4.77. The lowest BCUT2D eigenvalue weighted by Gasteiger charge is -2.09. The van der Waals surface area contributed by atoms with Gasteiger partial charge in [-0.1, -0.05) is 13.8 Å². The third-order valence-corrected chi connectivity index (χ3v) is 1.07. The quantitative estimate of drug-likeness (QED) is 0.446. The van der Waals surface area contributed by atoms with Crippen LogP contribution < -0.4 is 0 Å². The molecule has 1 heteroatoms. The van der Waals surface area contributed by atoms with Gasteiger partial charge in [-0.25, -0.2) is 0 Å². The Balaban J connectivity index is 2.57. The predicted molar refractivity (Wildman–Crippen MR) is 28.9 cm³/mol. The van der Waals surface area contributed by atoms with Crippen molar-refractivity contribution in [3.63, 3.8) is 0 Å². The first kappa shape index (κ1) is 4.69. The van der Waals surface area contributed by atoms with Crippen molar-refractivity contribution in [3.05, 3.63) is 12.3 Å². The number of rotatable bonds is 0. The summed E-state index contributed by atoms with van der Waals surface area (Å²) in [6, 6.07) is 0. The van der Waals surface area contributed by atoms with E-state index in [0.717, 1.165) is 6.61 Å². The molecule has 1 aliphatic rings. The summed E-state index contributed by atoms with van der Waals surface area (Å²) >= 11 is 0. The molecule has 0 unspecified atom stereocenters. The lowest BCUT2D eigenvalue weighted by Crippen LogP contribution is -2.08. The molecule has 0 saturated heterocycles. The summed E-state index contributed by atoms with van der Waals surface area (Å²) in [6.45, 7) is 5.14. The van der Waals surface area contributed by atoms with Crippen molar-refractivity contribution in [2.45, 2.75) is 13.8 Å². The Bertz CT molecular complexity index is 92.4. The highest BCUT2D eigenvalue weighted by Crippen LogP contribution is 2.21. The van der Waals surface area contributed by atoms with Crippen LogP contribution in [0.3, 0.4) is 0 Å².